The van der Waals surface area contributed by atoms with E-state index in [1.807, 2.05) is 0 Å². The van der Waals surface area contributed by atoms with E-state index in [4.69, 9.17) is 0 Å². The van der Waals surface area contributed by atoms with Crippen LogP contribution in [0.5, 0.6) is 0 Å². The minimum Gasteiger partial charge on any atom is -0.372 e. The first-order valence-corrected chi connectivity index (χ1v) is 10.6. The lowest BCUT2D eigenvalue weighted by atomic mass is 10.1. The van der Waals surface area contributed by atoms with Gasteiger partial charge >= 0.3 is 0 Å². The summed E-state index contributed by atoms with van der Waals surface area (Å²) in [7, 11) is 1.80. The second-order valence-corrected chi connectivity index (χ2v) is 7.83. The fourth-order valence-electron chi connectivity index (χ4n) is 3.66. The number of benzene rings is 2. The Hall–Kier alpha value is -2.89. The predicted octanol–water partition coefficient (Wildman–Crippen LogP) is 3.98. The Bertz CT molecular complexity index is 831. The lowest BCUT2D eigenvalue weighted by Crippen LogP contribution is -2.29. The van der Waals surface area contributed by atoms with Gasteiger partial charge in [-0.15, -0.1) is 0 Å². The van der Waals surface area contributed by atoms with Gasteiger partial charge in [0.15, 0.2) is 0 Å². The lowest BCUT2D eigenvalue weighted by Gasteiger charge is -2.29. The van der Waals surface area contributed by atoms with Gasteiger partial charge in [0.25, 0.3) is 5.91 Å². The summed E-state index contributed by atoms with van der Waals surface area (Å²) in [6.07, 6.45) is 4.75. The van der Waals surface area contributed by atoms with Crippen LogP contribution in [-0.4, -0.2) is 43.4 Å². The number of anilines is 1. The van der Waals surface area contributed by atoms with Gasteiger partial charge in [-0.3, -0.25) is 9.59 Å². The van der Waals surface area contributed by atoms with Crippen molar-refractivity contribution in [1.82, 2.24) is 10.2 Å². The van der Waals surface area contributed by atoms with Crippen LogP contribution < -0.4 is 10.2 Å². The van der Waals surface area contributed by atoms with E-state index in [9.17, 15) is 14.0 Å². The van der Waals surface area contributed by atoms with Crippen LogP contribution in [0.4, 0.5) is 10.1 Å². The number of nitrogens with zero attached hydrogens (tertiary/aromatic N) is 2. The molecular weight excluding hydrogens is 381 g/mol. The van der Waals surface area contributed by atoms with Crippen molar-refractivity contribution in [2.45, 2.75) is 38.6 Å². The Kier molecular flexibility index (Phi) is 7.82. The van der Waals surface area contributed by atoms with E-state index in [0.717, 1.165) is 18.7 Å². The molecule has 1 heterocycles. The van der Waals surface area contributed by atoms with Gasteiger partial charge < -0.3 is 15.1 Å². The molecule has 0 saturated carbocycles. The zero-order valence-corrected chi connectivity index (χ0v) is 17.6. The van der Waals surface area contributed by atoms with Crippen molar-refractivity contribution in [1.29, 1.82) is 0 Å². The van der Waals surface area contributed by atoms with E-state index >= 15 is 0 Å². The Balaban J connectivity index is 1.38. The topological polar surface area (TPSA) is 52.6 Å². The average molecular weight is 412 g/mol. The van der Waals surface area contributed by atoms with Crippen LogP contribution in [0.2, 0.25) is 0 Å². The number of carbonyl (C=O) groups excluding carboxylic acids is 2. The summed E-state index contributed by atoms with van der Waals surface area (Å²) in [4.78, 5) is 28.5. The number of hydrogen-bond donors (Lipinski definition) is 1. The van der Waals surface area contributed by atoms with Gasteiger partial charge in [-0.2, -0.15) is 0 Å². The highest BCUT2D eigenvalue weighted by atomic mass is 19.1. The van der Waals surface area contributed by atoms with E-state index in [-0.39, 0.29) is 17.6 Å². The Morgan fingerprint density at radius 1 is 1.00 bits per heavy atom. The number of rotatable bonds is 8. The molecule has 0 atom stereocenters. The van der Waals surface area contributed by atoms with Crippen molar-refractivity contribution in [3.05, 3.63) is 65.5 Å². The minimum atomic E-state index is -0.374. The van der Waals surface area contributed by atoms with Crippen LogP contribution in [0.1, 0.15) is 48.0 Å². The maximum absolute atomic E-state index is 12.9. The molecule has 2 aromatic rings. The highest BCUT2D eigenvalue weighted by Crippen LogP contribution is 2.20. The second-order valence-electron chi connectivity index (χ2n) is 7.83. The van der Waals surface area contributed by atoms with E-state index in [0.29, 0.717) is 31.5 Å². The van der Waals surface area contributed by atoms with Crippen molar-refractivity contribution in [2.24, 2.45) is 0 Å². The monoisotopic (exact) mass is 411 g/mol. The van der Waals surface area contributed by atoms with Crippen molar-refractivity contribution in [3.8, 4) is 0 Å². The zero-order valence-electron chi connectivity index (χ0n) is 17.6. The van der Waals surface area contributed by atoms with Gasteiger partial charge in [-0.05, 0) is 67.6 Å². The summed E-state index contributed by atoms with van der Waals surface area (Å²) in [5.41, 5.74) is 2.77. The minimum absolute atomic E-state index is 0.0474. The van der Waals surface area contributed by atoms with Gasteiger partial charge in [0.1, 0.15) is 5.82 Å². The number of nitrogens with one attached hydrogen (secondary N) is 1. The number of piperidine rings is 1. The molecule has 0 unspecified atom stereocenters. The summed E-state index contributed by atoms with van der Waals surface area (Å²) in [5, 5.41) is 2.76. The Morgan fingerprint density at radius 2 is 1.67 bits per heavy atom. The number of amides is 2. The molecule has 5 nitrogen and oxygen atoms in total. The third-order valence-electron chi connectivity index (χ3n) is 5.46. The molecule has 1 N–H and O–H groups in total. The fraction of sp³-hybridized carbons (Fsp3) is 0.417. The first-order valence-electron chi connectivity index (χ1n) is 10.6. The second kappa shape index (κ2) is 10.8. The molecule has 1 aliphatic rings. The average Bonchev–Trinajstić information content (AvgIpc) is 2.78. The van der Waals surface area contributed by atoms with Crippen molar-refractivity contribution in [2.75, 3.05) is 31.6 Å². The van der Waals surface area contributed by atoms with Crippen molar-refractivity contribution >= 4 is 17.5 Å². The quantitative estimate of drug-likeness (QED) is 0.669. The molecule has 3 rings (SSSR count). The molecule has 30 heavy (non-hydrogen) atoms. The summed E-state index contributed by atoms with van der Waals surface area (Å²) in [6, 6.07) is 13.9. The molecule has 0 spiro atoms. The SMILES string of the molecule is CN(Cc1ccc(N2CCCCC2)cc1)C(=O)CCCNC(=O)c1ccc(F)cc1. The summed E-state index contributed by atoms with van der Waals surface area (Å²) in [6.45, 7) is 3.21. The maximum atomic E-state index is 12.9. The molecule has 0 aromatic heterocycles. The molecule has 1 aliphatic heterocycles. The third-order valence-corrected chi connectivity index (χ3v) is 5.46. The van der Waals surface area contributed by atoms with Crippen LogP contribution in [0, 0.1) is 5.82 Å². The van der Waals surface area contributed by atoms with Crippen molar-refractivity contribution < 1.29 is 14.0 Å². The lowest BCUT2D eigenvalue weighted by molar-refractivity contribution is -0.130. The first kappa shape index (κ1) is 21.8. The van der Waals surface area contributed by atoms with E-state index in [1.165, 1.54) is 49.2 Å². The molecule has 1 saturated heterocycles. The van der Waals surface area contributed by atoms with Crippen LogP contribution in [0.15, 0.2) is 48.5 Å². The molecule has 6 heteroatoms. The van der Waals surface area contributed by atoms with Crippen LogP contribution >= 0.6 is 0 Å². The number of carbonyl (C=O) groups is 2. The van der Waals surface area contributed by atoms with Gasteiger partial charge in [-0.1, -0.05) is 12.1 Å². The molecule has 0 radical (unpaired) electrons. The standard InChI is InChI=1S/C24H30FN3O2/c1-27(18-19-7-13-22(14-8-19)28-16-3-2-4-17-28)23(29)6-5-15-26-24(30)20-9-11-21(25)12-10-20/h7-14H,2-6,15-18H2,1H3,(H,26,30). The van der Waals surface area contributed by atoms with Crippen LogP contribution in [0.3, 0.4) is 0 Å². The number of hydrogen-bond acceptors (Lipinski definition) is 3. The molecule has 2 amide bonds. The highest BCUT2D eigenvalue weighted by molar-refractivity contribution is 5.94. The molecule has 2 aromatic carbocycles. The zero-order chi connectivity index (χ0) is 21.3. The summed E-state index contributed by atoms with van der Waals surface area (Å²) >= 11 is 0. The molecule has 0 aliphatic carbocycles. The Labute approximate surface area is 177 Å². The number of halogens is 1. The first-order chi connectivity index (χ1) is 14.5. The van der Waals surface area contributed by atoms with Gasteiger partial charge in [0.2, 0.25) is 5.91 Å². The normalized spacial score (nSPS) is 13.7. The third kappa shape index (κ3) is 6.31. The summed E-state index contributed by atoms with van der Waals surface area (Å²) in [5.74, 6) is -0.586. The predicted molar refractivity (Wildman–Crippen MR) is 117 cm³/mol. The van der Waals surface area contributed by atoms with E-state index in [2.05, 4.69) is 34.5 Å². The van der Waals surface area contributed by atoms with E-state index in [1.54, 1.807) is 11.9 Å². The Morgan fingerprint density at radius 3 is 2.33 bits per heavy atom. The fourth-order valence-corrected chi connectivity index (χ4v) is 3.66. The smallest absolute Gasteiger partial charge is 0.251 e. The molecule has 160 valence electrons. The van der Waals surface area contributed by atoms with Gasteiger partial charge in [0.05, 0.1) is 0 Å². The molecule has 1 fully saturated rings. The van der Waals surface area contributed by atoms with Crippen molar-refractivity contribution in [3.63, 3.8) is 0 Å². The molecular formula is C24H30FN3O2. The summed E-state index contributed by atoms with van der Waals surface area (Å²) < 4.78 is 12.9. The largest absolute Gasteiger partial charge is 0.372 e. The van der Waals surface area contributed by atoms with Crippen LogP contribution in [-0.2, 0) is 11.3 Å². The van der Waals surface area contributed by atoms with Gasteiger partial charge in [-0.25, -0.2) is 4.39 Å². The molecule has 0 bridgehead atoms. The highest BCUT2D eigenvalue weighted by Gasteiger charge is 2.13. The maximum Gasteiger partial charge on any atom is 0.251 e. The van der Waals surface area contributed by atoms with E-state index < -0.39 is 0 Å². The van der Waals surface area contributed by atoms with Crippen LogP contribution in [0.25, 0.3) is 0 Å². The van der Waals surface area contributed by atoms with Gasteiger partial charge in [0, 0.05) is 50.9 Å².